The van der Waals surface area contributed by atoms with Gasteiger partial charge in [-0.1, -0.05) is 18.2 Å². The number of benzene rings is 1. The minimum Gasteiger partial charge on any atom is -0.461 e. The number of carbonyl (C=O) groups excluding carboxylic acids is 2. The minimum atomic E-state index is -0.460. The van der Waals surface area contributed by atoms with E-state index in [1.165, 1.54) is 17.4 Å². The molecule has 0 unspecified atom stereocenters. The Labute approximate surface area is 137 Å². The molecule has 6 heteroatoms. The second-order valence-electron chi connectivity index (χ2n) is 5.40. The van der Waals surface area contributed by atoms with E-state index in [-0.39, 0.29) is 24.2 Å². The molecule has 23 heavy (non-hydrogen) atoms. The van der Waals surface area contributed by atoms with Gasteiger partial charge in [0.15, 0.2) is 0 Å². The van der Waals surface area contributed by atoms with Crippen LogP contribution in [0.25, 0.3) is 0 Å². The normalized spacial score (nSPS) is 13.6. The van der Waals surface area contributed by atoms with Gasteiger partial charge in [-0.2, -0.15) is 0 Å². The van der Waals surface area contributed by atoms with Gasteiger partial charge in [-0.25, -0.2) is 9.18 Å². The van der Waals surface area contributed by atoms with E-state index >= 15 is 0 Å². The lowest BCUT2D eigenvalue weighted by Gasteiger charge is -2.04. The molecule has 0 spiro atoms. The summed E-state index contributed by atoms with van der Waals surface area (Å²) in [7, 11) is 0. The standard InChI is InChI=1S/C17H16FNO3S/c18-13-4-2-1-3-11(13)9-10-22-17(21)14-7-8-15(23-14)19-16(20)12-5-6-12/h1-4,7-8,12H,5-6,9-10H2,(H,19,20). The summed E-state index contributed by atoms with van der Waals surface area (Å²) < 4.78 is 18.6. The molecule has 0 radical (unpaired) electrons. The van der Waals surface area contributed by atoms with E-state index in [1.54, 1.807) is 30.3 Å². The highest BCUT2D eigenvalue weighted by atomic mass is 32.1. The number of rotatable bonds is 6. The fraction of sp³-hybridized carbons (Fsp3) is 0.294. The molecule has 4 nitrogen and oxygen atoms in total. The summed E-state index contributed by atoms with van der Waals surface area (Å²) in [5.41, 5.74) is 0.517. The van der Waals surface area contributed by atoms with Crippen LogP contribution in [-0.4, -0.2) is 18.5 Å². The van der Waals surface area contributed by atoms with Crippen molar-refractivity contribution in [1.29, 1.82) is 0 Å². The molecule has 1 fully saturated rings. The van der Waals surface area contributed by atoms with E-state index < -0.39 is 5.97 Å². The van der Waals surface area contributed by atoms with E-state index in [0.717, 1.165) is 12.8 Å². The monoisotopic (exact) mass is 333 g/mol. The van der Waals surface area contributed by atoms with Gasteiger partial charge in [0.05, 0.1) is 11.6 Å². The number of halogens is 1. The number of amides is 1. The Balaban J connectivity index is 1.49. The molecule has 1 N–H and O–H groups in total. The summed E-state index contributed by atoms with van der Waals surface area (Å²) in [4.78, 5) is 24.0. The maximum absolute atomic E-state index is 13.5. The predicted molar refractivity (Wildman–Crippen MR) is 86.1 cm³/mol. The molecule has 0 bridgehead atoms. The number of hydrogen-bond acceptors (Lipinski definition) is 4. The van der Waals surface area contributed by atoms with Gasteiger partial charge in [0.2, 0.25) is 5.91 Å². The average Bonchev–Trinajstić information content (AvgIpc) is 3.29. The zero-order valence-electron chi connectivity index (χ0n) is 12.4. The molecule has 1 amide bonds. The molecule has 0 saturated heterocycles. The van der Waals surface area contributed by atoms with Gasteiger partial charge < -0.3 is 10.1 Å². The largest absolute Gasteiger partial charge is 0.461 e. The maximum Gasteiger partial charge on any atom is 0.348 e. The molecule has 1 aromatic carbocycles. The van der Waals surface area contributed by atoms with Crippen LogP contribution in [0.5, 0.6) is 0 Å². The summed E-state index contributed by atoms with van der Waals surface area (Å²) >= 11 is 1.18. The number of nitrogens with one attached hydrogen (secondary N) is 1. The number of ether oxygens (including phenoxy) is 1. The molecule has 1 aromatic heterocycles. The van der Waals surface area contributed by atoms with Crippen LogP contribution < -0.4 is 5.32 Å². The topological polar surface area (TPSA) is 55.4 Å². The highest BCUT2D eigenvalue weighted by Crippen LogP contribution is 2.31. The van der Waals surface area contributed by atoms with Crippen LogP contribution in [0.1, 0.15) is 28.1 Å². The van der Waals surface area contributed by atoms with E-state index in [0.29, 0.717) is 21.9 Å². The summed E-state index contributed by atoms with van der Waals surface area (Å²) in [6.07, 6.45) is 2.19. The van der Waals surface area contributed by atoms with Crippen molar-refractivity contribution in [3.63, 3.8) is 0 Å². The molecule has 1 heterocycles. The Hall–Kier alpha value is -2.21. The minimum absolute atomic E-state index is 0.00585. The van der Waals surface area contributed by atoms with Crippen molar-refractivity contribution in [3.8, 4) is 0 Å². The molecule has 3 rings (SSSR count). The third-order valence-electron chi connectivity index (χ3n) is 3.56. The second-order valence-corrected chi connectivity index (χ2v) is 6.49. The number of hydrogen-bond donors (Lipinski definition) is 1. The summed E-state index contributed by atoms with van der Waals surface area (Å²) in [5, 5.41) is 3.43. The number of carbonyl (C=O) groups is 2. The van der Waals surface area contributed by atoms with Crippen molar-refractivity contribution >= 4 is 28.2 Å². The fourth-order valence-electron chi connectivity index (χ4n) is 2.11. The van der Waals surface area contributed by atoms with E-state index in [2.05, 4.69) is 5.32 Å². The van der Waals surface area contributed by atoms with Crippen LogP contribution in [0.4, 0.5) is 9.39 Å². The zero-order chi connectivity index (χ0) is 16.2. The number of esters is 1. The molecule has 120 valence electrons. The van der Waals surface area contributed by atoms with Gasteiger partial charge in [-0.3, -0.25) is 4.79 Å². The Kier molecular flexibility index (Phi) is 4.71. The smallest absolute Gasteiger partial charge is 0.348 e. The lowest BCUT2D eigenvalue weighted by molar-refractivity contribution is -0.117. The van der Waals surface area contributed by atoms with Crippen LogP contribution in [0, 0.1) is 11.7 Å². The summed E-state index contributed by atoms with van der Waals surface area (Å²) in [6.45, 7) is 0.113. The number of anilines is 1. The van der Waals surface area contributed by atoms with Crippen molar-refractivity contribution < 1.29 is 18.7 Å². The SMILES string of the molecule is O=C(OCCc1ccccc1F)c1ccc(NC(=O)C2CC2)s1. The fourth-order valence-corrected chi connectivity index (χ4v) is 2.91. The summed E-state index contributed by atoms with van der Waals surface area (Å²) in [5.74, 6) is -0.636. The van der Waals surface area contributed by atoms with Crippen LogP contribution >= 0.6 is 11.3 Å². The molecule has 2 aromatic rings. The van der Waals surface area contributed by atoms with Gasteiger partial charge in [0, 0.05) is 12.3 Å². The van der Waals surface area contributed by atoms with Crippen molar-refractivity contribution in [3.05, 3.63) is 52.7 Å². The van der Waals surface area contributed by atoms with Crippen LogP contribution in [0.3, 0.4) is 0 Å². The van der Waals surface area contributed by atoms with Crippen molar-refractivity contribution in [1.82, 2.24) is 0 Å². The quantitative estimate of drug-likeness (QED) is 0.821. The van der Waals surface area contributed by atoms with E-state index in [4.69, 9.17) is 4.74 Å². The van der Waals surface area contributed by atoms with Gasteiger partial charge in [-0.05, 0) is 36.6 Å². The Bertz CT molecular complexity index is 724. The molecule has 1 saturated carbocycles. The average molecular weight is 333 g/mol. The first-order valence-electron chi connectivity index (χ1n) is 7.45. The zero-order valence-corrected chi connectivity index (χ0v) is 13.2. The molecule has 0 atom stereocenters. The van der Waals surface area contributed by atoms with E-state index in [1.807, 2.05) is 0 Å². The molecule has 0 aliphatic heterocycles. The van der Waals surface area contributed by atoms with Gasteiger partial charge in [0.25, 0.3) is 0 Å². The highest BCUT2D eigenvalue weighted by Gasteiger charge is 2.29. The predicted octanol–water partition coefficient (Wildman–Crippen LogP) is 3.64. The lowest BCUT2D eigenvalue weighted by atomic mass is 10.1. The maximum atomic E-state index is 13.5. The Morgan fingerprint density at radius 1 is 1.22 bits per heavy atom. The Morgan fingerprint density at radius 2 is 2.00 bits per heavy atom. The molecular weight excluding hydrogens is 317 g/mol. The van der Waals surface area contributed by atoms with Crippen LogP contribution in [0.15, 0.2) is 36.4 Å². The second kappa shape index (κ2) is 6.91. The van der Waals surface area contributed by atoms with E-state index in [9.17, 15) is 14.0 Å². The van der Waals surface area contributed by atoms with Crippen molar-refractivity contribution in [2.45, 2.75) is 19.3 Å². The highest BCUT2D eigenvalue weighted by molar-refractivity contribution is 7.18. The third-order valence-corrected chi connectivity index (χ3v) is 4.54. The van der Waals surface area contributed by atoms with Crippen LogP contribution in [0.2, 0.25) is 0 Å². The third kappa shape index (κ3) is 4.16. The molecule has 1 aliphatic carbocycles. The summed E-state index contributed by atoms with van der Waals surface area (Å²) in [6, 6.07) is 9.73. The van der Waals surface area contributed by atoms with Crippen molar-refractivity contribution in [2.75, 3.05) is 11.9 Å². The van der Waals surface area contributed by atoms with Crippen LogP contribution in [-0.2, 0) is 16.0 Å². The molecule has 1 aliphatic rings. The first kappa shape index (κ1) is 15.7. The van der Waals surface area contributed by atoms with Gasteiger partial charge in [0.1, 0.15) is 10.7 Å². The first-order chi connectivity index (χ1) is 11.1. The lowest BCUT2D eigenvalue weighted by Crippen LogP contribution is -2.12. The Morgan fingerprint density at radius 3 is 2.74 bits per heavy atom. The van der Waals surface area contributed by atoms with Crippen molar-refractivity contribution in [2.24, 2.45) is 5.92 Å². The first-order valence-corrected chi connectivity index (χ1v) is 8.26. The number of thiophene rings is 1. The van der Waals surface area contributed by atoms with Gasteiger partial charge in [-0.15, -0.1) is 11.3 Å². The van der Waals surface area contributed by atoms with Gasteiger partial charge >= 0.3 is 5.97 Å². The molecular formula is C17H16FNO3S.